The highest BCUT2D eigenvalue weighted by atomic mass is 28.3. The molecule has 1 heterocycles. The minimum absolute atomic E-state index is 0.989. The molecular weight excluding hydrogens is 284 g/mol. The number of fused-ring (bicyclic) bond motifs is 1. The van der Waals surface area contributed by atoms with Crippen molar-refractivity contribution in [2.24, 2.45) is 0 Å². The second kappa shape index (κ2) is 5.97. The summed E-state index contributed by atoms with van der Waals surface area (Å²) in [5.41, 5.74) is 3.55. The number of benzene rings is 2. The molecule has 2 heteroatoms. The summed E-state index contributed by atoms with van der Waals surface area (Å²) in [6.07, 6.45) is 4.25. The highest BCUT2D eigenvalue weighted by molar-refractivity contribution is 6.75. The third-order valence-electron chi connectivity index (χ3n) is 3.66. The Balaban J connectivity index is 2.04. The van der Waals surface area contributed by atoms with E-state index in [-0.39, 0.29) is 0 Å². The molecule has 0 saturated carbocycles. The van der Waals surface area contributed by atoms with Crippen molar-refractivity contribution in [1.82, 2.24) is 0 Å². The van der Waals surface area contributed by atoms with E-state index in [1.54, 1.807) is 0 Å². The molecule has 0 amide bonds. The average molecular weight is 306 g/mol. The molecule has 3 aromatic rings. The average Bonchev–Trinajstić information content (AvgIpc) is 2.83. The van der Waals surface area contributed by atoms with Crippen molar-refractivity contribution in [3.8, 4) is 0 Å². The second-order valence-electron chi connectivity index (χ2n) is 6.92. The smallest absolute Gasteiger partial charge is 0.135 e. The zero-order chi connectivity index (χ0) is 15.6. The largest absolute Gasteiger partial charge is 0.456 e. The van der Waals surface area contributed by atoms with Gasteiger partial charge in [-0.25, -0.2) is 0 Å². The molecule has 22 heavy (non-hydrogen) atoms. The van der Waals surface area contributed by atoms with E-state index in [1.807, 2.05) is 12.1 Å². The molecule has 1 aromatic heterocycles. The maximum absolute atomic E-state index is 6.10. The van der Waals surface area contributed by atoms with Crippen LogP contribution in [0.5, 0.6) is 0 Å². The minimum atomic E-state index is -1.21. The van der Waals surface area contributed by atoms with Crippen LogP contribution in [-0.4, -0.2) is 8.07 Å². The lowest BCUT2D eigenvalue weighted by Crippen LogP contribution is -2.24. The predicted molar refractivity (Wildman–Crippen MR) is 98.6 cm³/mol. The number of hydrogen-bond acceptors (Lipinski definition) is 1. The topological polar surface area (TPSA) is 13.1 Å². The summed E-state index contributed by atoms with van der Waals surface area (Å²) >= 11 is 0. The van der Waals surface area contributed by atoms with Gasteiger partial charge in [-0.15, -0.1) is 0 Å². The summed E-state index contributed by atoms with van der Waals surface area (Å²) in [6.45, 7) is 7.21. The fraction of sp³-hybridized carbons (Fsp3) is 0.200. The number of para-hydroxylation sites is 1. The molecule has 0 fully saturated rings. The van der Waals surface area contributed by atoms with Gasteiger partial charge < -0.3 is 4.42 Å². The lowest BCUT2D eigenvalue weighted by molar-refractivity contribution is 0.601. The monoisotopic (exact) mass is 306 g/mol. The van der Waals surface area contributed by atoms with Gasteiger partial charge in [-0.05, 0) is 23.7 Å². The van der Waals surface area contributed by atoms with Crippen LogP contribution in [0.25, 0.3) is 23.1 Å². The Kier molecular flexibility index (Phi) is 4.03. The molecule has 0 aliphatic carbocycles. The molecule has 0 unspecified atom stereocenters. The fourth-order valence-corrected chi connectivity index (χ4v) is 4.13. The van der Waals surface area contributed by atoms with Gasteiger partial charge in [-0.3, -0.25) is 0 Å². The zero-order valence-electron chi connectivity index (χ0n) is 13.5. The lowest BCUT2D eigenvalue weighted by Gasteiger charge is -2.15. The van der Waals surface area contributed by atoms with E-state index in [2.05, 4.69) is 74.3 Å². The van der Waals surface area contributed by atoms with Crippen LogP contribution in [0.4, 0.5) is 0 Å². The first-order valence-corrected chi connectivity index (χ1v) is 11.5. The van der Waals surface area contributed by atoms with E-state index in [4.69, 9.17) is 4.42 Å². The molecule has 0 bridgehead atoms. The maximum atomic E-state index is 6.10. The molecule has 3 rings (SSSR count). The molecule has 0 atom stereocenters. The molecular formula is C20H22OSi. The van der Waals surface area contributed by atoms with Crippen LogP contribution < -0.4 is 0 Å². The second-order valence-corrected chi connectivity index (χ2v) is 12.4. The molecule has 0 saturated heterocycles. The van der Waals surface area contributed by atoms with Crippen LogP contribution in [0, 0.1) is 0 Å². The fourth-order valence-electron chi connectivity index (χ4n) is 2.70. The van der Waals surface area contributed by atoms with Gasteiger partial charge in [-0.1, -0.05) is 74.2 Å². The summed E-state index contributed by atoms with van der Waals surface area (Å²) in [5, 5.41) is 1.26. The van der Waals surface area contributed by atoms with Gasteiger partial charge >= 0.3 is 0 Å². The third kappa shape index (κ3) is 3.39. The van der Waals surface area contributed by atoms with E-state index < -0.39 is 8.07 Å². The van der Waals surface area contributed by atoms with Crippen molar-refractivity contribution in [3.05, 3.63) is 71.5 Å². The molecule has 1 nitrogen and oxygen atoms in total. The SMILES string of the molecule is C[Si](C)(C)Cc1c(/C=C/c2ccccc2)oc2ccccc12. The standard InChI is InChI=1S/C20H22OSi/c1-22(2,3)15-18-17-11-7-8-12-19(17)21-20(18)14-13-16-9-5-4-6-10-16/h4-14H,15H2,1-3H3/b14-13+. The van der Waals surface area contributed by atoms with Gasteiger partial charge in [0.2, 0.25) is 0 Å². The quantitative estimate of drug-likeness (QED) is 0.537. The van der Waals surface area contributed by atoms with Gasteiger partial charge in [0.05, 0.1) is 0 Å². The third-order valence-corrected chi connectivity index (χ3v) is 5.08. The van der Waals surface area contributed by atoms with Gasteiger partial charge in [0.1, 0.15) is 11.3 Å². The molecule has 2 aromatic carbocycles. The minimum Gasteiger partial charge on any atom is -0.456 e. The Labute approximate surface area is 133 Å². The first kappa shape index (κ1) is 14.9. The van der Waals surface area contributed by atoms with Gasteiger partial charge in [0, 0.05) is 19.0 Å². The van der Waals surface area contributed by atoms with Crippen LogP contribution in [-0.2, 0) is 6.04 Å². The van der Waals surface area contributed by atoms with E-state index in [1.165, 1.54) is 16.5 Å². The van der Waals surface area contributed by atoms with E-state index in [0.717, 1.165) is 17.4 Å². The van der Waals surface area contributed by atoms with Crippen molar-refractivity contribution < 1.29 is 4.42 Å². The number of hydrogen-bond donors (Lipinski definition) is 0. The summed E-state index contributed by atoms with van der Waals surface area (Å²) < 4.78 is 6.10. The molecule has 0 radical (unpaired) electrons. The van der Waals surface area contributed by atoms with E-state index >= 15 is 0 Å². The van der Waals surface area contributed by atoms with E-state index in [9.17, 15) is 0 Å². The van der Waals surface area contributed by atoms with Crippen molar-refractivity contribution in [2.75, 3.05) is 0 Å². The summed E-state index contributed by atoms with van der Waals surface area (Å²) in [6, 6.07) is 19.9. The van der Waals surface area contributed by atoms with Gasteiger partial charge in [0.25, 0.3) is 0 Å². The zero-order valence-corrected chi connectivity index (χ0v) is 14.5. The van der Waals surface area contributed by atoms with Crippen LogP contribution in [0.3, 0.4) is 0 Å². The highest BCUT2D eigenvalue weighted by Gasteiger charge is 2.20. The van der Waals surface area contributed by atoms with Gasteiger partial charge in [-0.2, -0.15) is 0 Å². The molecule has 0 N–H and O–H groups in total. The van der Waals surface area contributed by atoms with Crippen LogP contribution >= 0.6 is 0 Å². The Morgan fingerprint density at radius 1 is 0.864 bits per heavy atom. The first-order chi connectivity index (χ1) is 10.5. The summed E-state index contributed by atoms with van der Waals surface area (Å²) in [4.78, 5) is 0. The Morgan fingerprint density at radius 2 is 1.55 bits per heavy atom. The Morgan fingerprint density at radius 3 is 2.27 bits per heavy atom. The number of rotatable bonds is 4. The van der Waals surface area contributed by atoms with Crippen molar-refractivity contribution in [3.63, 3.8) is 0 Å². The first-order valence-electron chi connectivity index (χ1n) is 7.76. The molecule has 112 valence electrons. The van der Waals surface area contributed by atoms with Crippen molar-refractivity contribution >= 4 is 31.2 Å². The summed E-state index contributed by atoms with van der Waals surface area (Å²) in [7, 11) is -1.21. The maximum Gasteiger partial charge on any atom is 0.135 e. The predicted octanol–water partition coefficient (Wildman–Crippen LogP) is 6.02. The normalized spacial score (nSPS) is 12.3. The molecule has 0 spiro atoms. The lowest BCUT2D eigenvalue weighted by atomic mass is 10.1. The number of furan rings is 1. The summed E-state index contributed by atoms with van der Waals surface area (Å²) in [5.74, 6) is 1.01. The van der Waals surface area contributed by atoms with Crippen LogP contribution in [0.15, 0.2) is 59.0 Å². The Bertz CT molecular complexity index is 791. The van der Waals surface area contributed by atoms with Crippen LogP contribution in [0.2, 0.25) is 19.6 Å². The Hall–Kier alpha value is -2.06. The van der Waals surface area contributed by atoms with Gasteiger partial charge in [0.15, 0.2) is 0 Å². The van der Waals surface area contributed by atoms with Crippen molar-refractivity contribution in [2.45, 2.75) is 25.7 Å². The highest BCUT2D eigenvalue weighted by Crippen LogP contribution is 2.30. The van der Waals surface area contributed by atoms with Crippen molar-refractivity contribution in [1.29, 1.82) is 0 Å². The van der Waals surface area contributed by atoms with E-state index in [0.29, 0.717) is 0 Å². The molecule has 0 aliphatic heterocycles. The molecule has 0 aliphatic rings. The van der Waals surface area contributed by atoms with Crippen LogP contribution in [0.1, 0.15) is 16.9 Å².